The highest BCUT2D eigenvalue weighted by atomic mass is 32.2. The van der Waals surface area contributed by atoms with Crippen molar-refractivity contribution in [3.63, 3.8) is 0 Å². The second-order valence-electron chi connectivity index (χ2n) is 6.55. The van der Waals surface area contributed by atoms with Gasteiger partial charge < -0.3 is 20.1 Å². The summed E-state index contributed by atoms with van der Waals surface area (Å²) >= 11 is 1.49. The highest BCUT2D eigenvalue weighted by Crippen LogP contribution is 2.34. The van der Waals surface area contributed by atoms with Crippen LogP contribution in [-0.4, -0.2) is 49.0 Å². The third-order valence-electron chi connectivity index (χ3n) is 4.77. The lowest BCUT2D eigenvalue weighted by Crippen LogP contribution is -2.49. The molecular formula is C17H20N2O4S. The molecule has 3 heterocycles. The lowest BCUT2D eigenvalue weighted by molar-refractivity contribution is -0.113. The van der Waals surface area contributed by atoms with E-state index >= 15 is 0 Å². The maximum Gasteiger partial charge on any atom is 0.251 e. The Kier molecular flexibility index (Phi) is 4.24. The van der Waals surface area contributed by atoms with E-state index in [-0.39, 0.29) is 23.5 Å². The van der Waals surface area contributed by atoms with Crippen molar-refractivity contribution in [1.82, 2.24) is 5.32 Å². The van der Waals surface area contributed by atoms with E-state index in [1.807, 2.05) is 12.1 Å². The van der Waals surface area contributed by atoms with Crippen molar-refractivity contribution in [2.45, 2.75) is 35.8 Å². The van der Waals surface area contributed by atoms with E-state index in [1.54, 1.807) is 6.07 Å². The number of rotatable bonds is 2. The van der Waals surface area contributed by atoms with Gasteiger partial charge in [0.1, 0.15) is 0 Å². The molecule has 0 radical (unpaired) electrons. The zero-order valence-corrected chi connectivity index (χ0v) is 14.1. The number of thioether (sulfide) groups is 1. The van der Waals surface area contributed by atoms with Gasteiger partial charge in [0.2, 0.25) is 5.91 Å². The summed E-state index contributed by atoms with van der Waals surface area (Å²) in [6.07, 6.45) is 2.49. The number of nitrogens with one attached hydrogen (secondary N) is 2. The molecule has 3 aliphatic rings. The van der Waals surface area contributed by atoms with E-state index in [0.717, 1.165) is 36.5 Å². The third kappa shape index (κ3) is 3.16. The van der Waals surface area contributed by atoms with E-state index in [9.17, 15) is 9.59 Å². The Morgan fingerprint density at radius 2 is 2.29 bits per heavy atom. The molecular weight excluding hydrogens is 328 g/mol. The van der Waals surface area contributed by atoms with Crippen molar-refractivity contribution < 1.29 is 19.1 Å². The maximum atomic E-state index is 12.6. The minimum absolute atomic E-state index is 0.0299. The second kappa shape index (κ2) is 6.38. The molecule has 0 aliphatic carbocycles. The Labute approximate surface area is 144 Å². The number of ether oxygens (including phenoxy) is 2. The number of anilines is 1. The number of carbonyl (C=O) groups excluding carboxylic acids is 2. The van der Waals surface area contributed by atoms with Gasteiger partial charge in [0.05, 0.1) is 23.6 Å². The number of amides is 2. The van der Waals surface area contributed by atoms with Crippen molar-refractivity contribution in [2.24, 2.45) is 0 Å². The molecule has 3 aliphatic heterocycles. The summed E-state index contributed by atoms with van der Waals surface area (Å²) in [4.78, 5) is 25.1. The first-order chi connectivity index (χ1) is 11.6. The molecule has 2 N–H and O–H groups in total. The van der Waals surface area contributed by atoms with Crippen LogP contribution in [0.25, 0.3) is 0 Å². The maximum absolute atomic E-state index is 12.6. The van der Waals surface area contributed by atoms with Gasteiger partial charge in [0.15, 0.2) is 0 Å². The Morgan fingerprint density at radius 3 is 3.12 bits per heavy atom. The van der Waals surface area contributed by atoms with Crippen molar-refractivity contribution in [3.8, 4) is 0 Å². The highest BCUT2D eigenvalue weighted by molar-refractivity contribution is 8.00. The molecule has 1 aromatic carbocycles. The average Bonchev–Trinajstić information content (AvgIpc) is 3.01. The summed E-state index contributed by atoms with van der Waals surface area (Å²) in [5.74, 6) is 0.284. The summed E-state index contributed by atoms with van der Waals surface area (Å²) in [6.45, 7) is 1.98. The fourth-order valence-corrected chi connectivity index (χ4v) is 4.30. The van der Waals surface area contributed by atoms with Crippen molar-refractivity contribution in [1.29, 1.82) is 0 Å². The normalized spacial score (nSPS) is 29.2. The van der Waals surface area contributed by atoms with Crippen LogP contribution in [-0.2, 0) is 14.3 Å². The van der Waals surface area contributed by atoms with Crippen molar-refractivity contribution >= 4 is 29.3 Å². The first kappa shape index (κ1) is 15.9. The first-order valence-electron chi connectivity index (χ1n) is 8.23. The SMILES string of the molecule is O=C1CSc2ccc(C(=O)N[C@H]3CCO[C@@]4(CCOC4)C3)cc2N1. The van der Waals surface area contributed by atoms with Crippen molar-refractivity contribution in [2.75, 3.05) is 30.9 Å². The third-order valence-corrected chi connectivity index (χ3v) is 5.84. The van der Waals surface area contributed by atoms with Crippen LogP contribution in [0, 0.1) is 0 Å². The summed E-state index contributed by atoms with van der Waals surface area (Å²) in [7, 11) is 0. The van der Waals surface area contributed by atoms with Crippen LogP contribution in [0.15, 0.2) is 23.1 Å². The standard InChI is InChI=1S/C17H20N2O4S/c20-15-9-24-14-2-1-11(7-13(14)19-15)16(21)18-12-3-5-23-17(8-12)4-6-22-10-17/h1-2,7,12H,3-6,8-10H2,(H,18,21)(H,19,20)/t12-,17-/m0/s1. The topological polar surface area (TPSA) is 76.7 Å². The molecule has 1 aromatic rings. The molecule has 2 saturated heterocycles. The van der Waals surface area contributed by atoms with Gasteiger partial charge in [-0.05, 0) is 31.0 Å². The minimum Gasteiger partial charge on any atom is -0.378 e. The number of hydrogen-bond acceptors (Lipinski definition) is 5. The van der Waals surface area contributed by atoms with Crippen LogP contribution in [0.5, 0.6) is 0 Å². The van der Waals surface area contributed by atoms with E-state index in [4.69, 9.17) is 9.47 Å². The van der Waals surface area contributed by atoms with Gasteiger partial charge in [-0.15, -0.1) is 11.8 Å². The molecule has 128 valence electrons. The zero-order valence-electron chi connectivity index (χ0n) is 13.3. The molecule has 7 heteroatoms. The van der Waals surface area contributed by atoms with Gasteiger partial charge in [-0.25, -0.2) is 0 Å². The van der Waals surface area contributed by atoms with Gasteiger partial charge in [-0.3, -0.25) is 9.59 Å². The molecule has 0 unspecified atom stereocenters. The van der Waals surface area contributed by atoms with Crippen LogP contribution >= 0.6 is 11.8 Å². The molecule has 0 aromatic heterocycles. The Balaban J connectivity index is 1.44. The number of benzene rings is 1. The summed E-state index contributed by atoms with van der Waals surface area (Å²) in [5.41, 5.74) is 1.06. The first-order valence-corrected chi connectivity index (χ1v) is 9.21. The summed E-state index contributed by atoms with van der Waals surface area (Å²) in [6, 6.07) is 5.55. The second-order valence-corrected chi connectivity index (χ2v) is 7.56. The number of carbonyl (C=O) groups is 2. The fourth-order valence-electron chi connectivity index (χ4n) is 3.51. The van der Waals surface area contributed by atoms with Crippen LogP contribution in [0.4, 0.5) is 5.69 Å². The van der Waals surface area contributed by atoms with Crippen LogP contribution < -0.4 is 10.6 Å². The minimum atomic E-state index is -0.226. The van der Waals surface area contributed by atoms with Gasteiger partial charge >= 0.3 is 0 Å². The Morgan fingerprint density at radius 1 is 1.38 bits per heavy atom. The van der Waals surface area contributed by atoms with Gasteiger partial charge in [-0.2, -0.15) is 0 Å². The fraction of sp³-hybridized carbons (Fsp3) is 0.529. The van der Waals surface area contributed by atoms with Crippen LogP contribution in [0.1, 0.15) is 29.6 Å². The number of fused-ring (bicyclic) bond motifs is 1. The van der Waals surface area contributed by atoms with E-state index < -0.39 is 0 Å². The monoisotopic (exact) mass is 348 g/mol. The largest absolute Gasteiger partial charge is 0.378 e. The van der Waals surface area contributed by atoms with E-state index in [1.165, 1.54) is 11.8 Å². The lowest BCUT2D eigenvalue weighted by Gasteiger charge is -2.37. The lowest BCUT2D eigenvalue weighted by atomic mass is 9.89. The predicted octanol–water partition coefficient (Wildman–Crippen LogP) is 1.80. The molecule has 2 amide bonds. The smallest absolute Gasteiger partial charge is 0.251 e. The predicted molar refractivity (Wildman–Crippen MR) is 90.4 cm³/mol. The number of hydrogen-bond donors (Lipinski definition) is 2. The zero-order chi connectivity index (χ0) is 16.6. The Hall–Kier alpha value is -1.57. The van der Waals surface area contributed by atoms with E-state index in [0.29, 0.717) is 24.5 Å². The molecule has 2 fully saturated rings. The molecule has 2 atom stereocenters. The molecule has 1 spiro atoms. The molecule has 0 saturated carbocycles. The Bertz CT molecular complexity index is 673. The molecule has 24 heavy (non-hydrogen) atoms. The highest BCUT2D eigenvalue weighted by Gasteiger charge is 2.41. The van der Waals surface area contributed by atoms with Crippen molar-refractivity contribution in [3.05, 3.63) is 23.8 Å². The quantitative estimate of drug-likeness (QED) is 0.852. The van der Waals surface area contributed by atoms with Gasteiger partial charge in [-0.1, -0.05) is 0 Å². The van der Waals surface area contributed by atoms with E-state index in [2.05, 4.69) is 10.6 Å². The van der Waals surface area contributed by atoms with Crippen LogP contribution in [0.2, 0.25) is 0 Å². The van der Waals surface area contributed by atoms with Crippen LogP contribution in [0.3, 0.4) is 0 Å². The summed E-state index contributed by atoms with van der Waals surface area (Å²) in [5, 5.41) is 5.93. The summed E-state index contributed by atoms with van der Waals surface area (Å²) < 4.78 is 11.4. The van der Waals surface area contributed by atoms with Gasteiger partial charge in [0.25, 0.3) is 5.91 Å². The molecule has 0 bridgehead atoms. The molecule has 4 rings (SSSR count). The average molecular weight is 348 g/mol. The van der Waals surface area contributed by atoms with Gasteiger partial charge in [0, 0.05) is 36.1 Å². The molecule has 6 nitrogen and oxygen atoms in total.